The zero-order chi connectivity index (χ0) is 23.3. The lowest BCUT2D eigenvalue weighted by molar-refractivity contribution is -0.385. The minimum atomic E-state index is -1.15. The van der Waals surface area contributed by atoms with Gasteiger partial charge in [-0.2, -0.15) is 10.2 Å². The van der Waals surface area contributed by atoms with E-state index in [-0.39, 0.29) is 18.1 Å². The van der Waals surface area contributed by atoms with Crippen molar-refractivity contribution in [2.45, 2.75) is 26.5 Å². The molecule has 2 aromatic heterocycles. The molecule has 1 unspecified atom stereocenters. The van der Waals surface area contributed by atoms with Crippen LogP contribution in [0.4, 0.5) is 5.69 Å². The standard InChI is InChI=1S/C20H19N5O7/c1-12(22-23-19(26)13(2)24-10-15(9-21-24)25(29)30)14-3-5-16(6-4-14)31-11-17-7-8-18(32-17)20(27)28/h3-10,13H,11H2,1-2H3,(H,23,26)(H,27,28). The molecule has 0 bridgehead atoms. The van der Waals surface area contributed by atoms with Crippen LogP contribution in [0.15, 0.2) is 58.3 Å². The maximum Gasteiger partial charge on any atom is 0.371 e. The third-order valence-electron chi connectivity index (χ3n) is 4.43. The average molecular weight is 441 g/mol. The number of ether oxygens (including phenoxy) is 1. The van der Waals surface area contributed by atoms with E-state index in [1.54, 1.807) is 38.1 Å². The highest BCUT2D eigenvalue weighted by molar-refractivity contribution is 5.99. The Kier molecular flexibility index (Phi) is 6.63. The summed E-state index contributed by atoms with van der Waals surface area (Å²) in [4.78, 5) is 33.2. The molecule has 0 aliphatic carbocycles. The number of aromatic nitrogens is 2. The number of carboxylic acids is 1. The summed E-state index contributed by atoms with van der Waals surface area (Å²) >= 11 is 0. The molecule has 2 heterocycles. The molecule has 0 fully saturated rings. The van der Waals surface area contributed by atoms with Gasteiger partial charge in [-0.3, -0.25) is 19.6 Å². The summed E-state index contributed by atoms with van der Waals surface area (Å²) in [6.07, 6.45) is 2.24. The topological polar surface area (TPSA) is 162 Å². The smallest absolute Gasteiger partial charge is 0.371 e. The third kappa shape index (κ3) is 5.36. The van der Waals surface area contributed by atoms with Crippen LogP contribution in [0.5, 0.6) is 5.75 Å². The molecule has 1 atom stereocenters. The van der Waals surface area contributed by atoms with Crippen LogP contribution in [0.2, 0.25) is 0 Å². The normalized spacial score (nSPS) is 12.2. The Morgan fingerprint density at radius 1 is 1.31 bits per heavy atom. The molecule has 0 spiro atoms. The van der Waals surface area contributed by atoms with E-state index in [9.17, 15) is 19.7 Å². The number of hydrogen-bond donors (Lipinski definition) is 2. The second-order valence-electron chi connectivity index (χ2n) is 6.67. The van der Waals surface area contributed by atoms with Crippen LogP contribution in [0, 0.1) is 10.1 Å². The van der Waals surface area contributed by atoms with Crippen LogP contribution in [-0.4, -0.2) is 37.4 Å². The number of aromatic carboxylic acids is 1. The molecule has 2 N–H and O–H groups in total. The van der Waals surface area contributed by atoms with Crippen molar-refractivity contribution in [1.29, 1.82) is 0 Å². The summed E-state index contributed by atoms with van der Waals surface area (Å²) in [7, 11) is 0. The summed E-state index contributed by atoms with van der Waals surface area (Å²) in [5, 5.41) is 27.5. The fraction of sp³-hybridized carbons (Fsp3) is 0.200. The van der Waals surface area contributed by atoms with E-state index >= 15 is 0 Å². The van der Waals surface area contributed by atoms with Crippen molar-refractivity contribution < 1.29 is 28.8 Å². The largest absolute Gasteiger partial charge is 0.486 e. The summed E-state index contributed by atoms with van der Waals surface area (Å²) < 4.78 is 11.9. The van der Waals surface area contributed by atoms with Gasteiger partial charge in [0.2, 0.25) is 5.76 Å². The number of furan rings is 1. The zero-order valence-corrected chi connectivity index (χ0v) is 17.1. The van der Waals surface area contributed by atoms with Crippen LogP contribution in [0.25, 0.3) is 0 Å². The monoisotopic (exact) mass is 441 g/mol. The Labute approximate surface area is 181 Å². The van der Waals surface area contributed by atoms with Crippen molar-refractivity contribution in [1.82, 2.24) is 15.2 Å². The highest BCUT2D eigenvalue weighted by atomic mass is 16.6. The van der Waals surface area contributed by atoms with E-state index in [4.69, 9.17) is 14.3 Å². The molecular formula is C20H19N5O7. The van der Waals surface area contributed by atoms with Crippen molar-refractivity contribution in [3.8, 4) is 5.75 Å². The molecule has 3 rings (SSSR count). The predicted molar refractivity (Wildman–Crippen MR) is 110 cm³/mol. The molecule has 12 heteroatoms. The van der Waals surface area contributed by atoms with Crippen molar-refractivity contribution in [2.24, 2.45) is 5.10 Å². The maximum absolute atomic E-state index is 12.3. The minimum absolute atomic E-state index is 0.0687. The summed E-state index contributed by atoms with van der Waals surface area (Å²) in [6, 6.07) is 8.97. The molecule has 1 amide bonds. The van der Waals surface area contributed by atoms with Gasteiger partial charge in [0.25, 0.3) is 5.91 Å². The van der Waals surface area contributed by atoms with Crippen LogP contribution in [0.3, 0.4) is 0 Å². The van der Waals surface area contributed by atoms with Crippen LogP contribution < -0.4 is 10.2 Å². The number of carboxylic acid groups (broad SMARTS) is 1. The predicted octanol–water partition coefficient (Wildman–Crippen LogP) is 2.76. The van der Waals surface area contributed by atoms with E-state index in [1.807, 2.05) is 0 Å². The third-order valence-corrected chi connectivity index (χ3v) is 4.43. The Balaban J connectivity index is 1.55. The summed E-state index contributed by atoms with van der Waals surface area (Å²) in [5.74, 6) is -0.881. The van der Waals surface area contributed by atoms with Gasteiger partial charge in [-0.1, -0.05) is 0 Å². The molecule has 12 nitrogen and oxygen atoms in total. The van der Waals surface area contributed by atoms with Crippen LogP contribution in [0.1, 0.15) is 41.8 Å². The molecular weight excluding hydrogens is 422 g/mol. The molecule has 0 saturated carbocycles. The number of rotatable bonds is 9. The van der Waals surface area contributed by atoms with Gasteiger partial charge in [0.1, 0.15) is 36.6 Å². The number of benzene rings is 1. The minimum Gasteiger partial charge on any atom is -0.486 e. The molecule has 0 saturated heterocycles. The van der Waals surface area contributed by atoms with Gasteiger partial charge < -0.3 is 14.3 Å². The van der Waals surface area contributed by atoms with E-state index < -0.39 is 22.8 Å². The van der Waals surface area contributed by atoms with Gasteiger partial charge in [0.05, 0.1) is 10.6 Å². The van der Waals surface area contributed by atoms with Crippen LogP contribution in [-0.2, 0) is 11.4 Å². The molecule has 32 heavy (non-hydrogen) atoms. The number of nitro groups is 1. The quantitative estimate of drug-likeness (QED) is 0.291. The second-order valence-corrected chi connectivity index (χ2v) is 6.67. The van der Waals surface area contributed by atoms with Gasteiger partial charge >= 0.3 is 11.7 Å². The SMILES string of the molecule is CC(=NNC(=O)C(C)n1cc([N+](=O)[O-])cn1)c1ccc(OCc2ccc(C(=O)O)o2)cc1. The van der Waals surface area contributed by atoms with Gasteiger partial charge in [-0.15, -0.1) is 0 Å². The van der Waals surface area contributed by atoms with E-state index in [1.165, 1.54) is 23.0 Å². The number of nitrogens with zero attached hydrogens (tertiary/aromatic N) is 4. The zero-order valence-electron chi connectivity index (χ0n) is 17.1. The number of carbonyl (C=O) groups excluding carboxylic acids is 1. The van der Waals surface area contributed by atoms with Crippen LogP contribution >= 0.6 is 0 Å². The molecule has 1 aromatic carbocycles. The average Bonchev–Trinajstić information content (AvgIpc) is 3.46. The first kappa shape index (κ1) is 22.2. The Morgan fingerprint density at radius 2 is 2.03 bits per heavy atom. The van der Waals surface area contributed by atoms with E-state index in [2.05, 4.69) is 15.6 Å². The fourth-order valence-corrected chi connectivity index (χ4v) is 2.57. The first-order chi connectivity index (χ1) is 15.2. The van der Waals surface area contributed by atoms with Crippen molar-refractivity contribution in [3.63, 3.8) is 0 Å². The number of hydrazone groups is 1. The molecule has 0 radical (unpaired) electrons. The Hall–Kier alpha value is -4.48. The first-order valence-electron chi connectivity index (χ1n) is 9.32. The fourth-order valence-electron chi connectivity index (χ4n) is 2.57. The lowest BCUT2D eigenvalue weighted by Crippen LogP contribution is -2.28. The van der Waals surface area contributed by atoms with E-state index in [0.29, 0.717) is 17.2 Å². The summed E-state index contributed by atoms with van der Waals surface area (Å²) in [6.45, 7) is 3.32. The van der Waals surface area contributed by atoms with Crippen molar-refractivity contribution in [3.05, 3.63) is 76.0 Å². The van der Waals surface area contributed by atoms with Crippen molar-refractivity contribution in [2.75, 3.05) is 0 Å². The van der Waals surface area contributed by atoms with Gasteiger partial charge in [-0.05, 0) is 55.8 Å². The summed E-state index contributed by atoms with van der Waals surface area (Å²) in [5.41, 5.74) is 3.47. The number of carbonyl (C=O) groups is 2. The maximum atomic E-state index is 12.3. The Bertz CT molecular complexity index is 1160. The Morgan fingerprint density at radius 3 is 2.62 bits per heavy atom. The van der Waals surface area contributed by atoms with Gasteiger partial charge in [0, 0.05) is 0 Å². The van der Waals surface area contributed by atoms with Gasteiger partial charge in [-0.25, -0.2) is 10.2 Å². The van der Waals surface area contributed by atoms with Crippen molar-refractivity contribution >= 4 is 23.3 Å². The first-order valence-corrected chi connectivity index (χ1v) is 9.32. The molecule has 0 aliphatic rings. The second kappa shape index (κ2) is 9.55. The molecule has 3 aromatic rings. The highest BCUT2D eigenvalue weighted by Crippen LogP contribution is 2.17. The molecule has 166 valence electrons. The molecule has 0 aliphatic heterocycles. The van der Waals surface area contributed by atoms with Gasteiger partial charge in [0.15, 0.2) is 0 Å². The number of hydrogen-bond acceptors (Lipinski definition) is 8. The number of amides is 1. The number of nitrogens with one attached hydrogen (secondary N) is 1. The highest BCUT2D eigenvalue weighted by Gasteiger charge is 2.19. The van der Waals surface area contributed by atoms with E-state index in [0.717, 1.165) is 11.8 Å². The lowest BCUT2D eigenvalue weighted by atomic mass is 10.1. The lowest BCUT2D eigenvalue weighted by Gasteiger charge is -2.10.